The Bertz CT molecular complexity index is 433. The summed E-state index contributed by atoms with van der Waals surface area (Å²) in [5.41, 5.74) is 7.44. The van der Waals surface area contributed by atoms with Gasteiger partial charge in [0.25, 0.3) is 0 Å². The fourth-order valence-corrected chi connectivity index (χ4v) is 3.77. The predicted molar refractivity (Wildman–Crippen MR) is 82.9 cm³/mol. The first kappa shape index (κ1) is 13.9. The molecule has 2 aliphatic carbocycles. The van der Waals surface area contributed by atoms with Crippen molar-refractivity contribution in [3.63, 3.8) is 0 Å². The number of benzene rings is 1. The highest BCUT2D eigenvalue weighted by molar-refractivity contribution is 5.28. The van der Waals surface area contributed by atoms with Gasteiger partial charge in [0.15, 0.2) is 0 Å². The van der Waals surface area contributed by atoms with E-state index in [0.29, 0.717) is 5.41 Å². The number of ether oxygens (including phenoxy) is 1. The molecule has 3 rings (SSSR count). The summed E-state index contributed by atoms with van der Waals surface area (Å²) in [5.74, 6) is 2.00. The molecule has 0 heterocycles. The standard InChI is InChI=1S/C18H27NO/c19-12-4-6-15-5-3-7-17(13-15)20-14-18(16-8-9-16)10-1-2-11-18/h3,5,7,13,16H,1-2,4,6,8-12,14,19H2. The van der Waals surface area contributed by atoms with E-state index in [1.165, 1.54) is 44.1 Å². The second-order valence-electron chi connectivity index (χ2n) is 6.67. The van der Waals surface area contributed by atoms with Crippen molar-refractivity contribution in [1.29, 1.82) is 0 Å². The quantitative estimate of drug-likeness (QED) is 0.817. The van der Waals surface area contributed by atoms with Crippen LogP contribution in [-0.2, 0) is 6.42 Å². The summed E-state index contributed by atoms with van der Waals surface area (Å²) in [6.45, 7) is 1.69. The maximum atomic E-state index is 6.18. The Morgan fingerprint density at radius 3 is 2.70 bits per heavy atom. The van der Waals surface area contributed by atoms with Crippen molar-refractivity contribution in [2.45, 2.75) is 51.4 Å². The molecule has 0 amide bonds. The summed E-state index contributed by atoms with van der Waals surface area (Å²) in [6, 6.07) is 8.58. The molecule has 0 aliphatic heterocycles. The molecule has 2 aliphatic rings. The smallest absolute Gasteiger partial charge is 0.119 e. The highest BCUT2D eigenvalue weighted by atomic mass is 16.5. The third-order valence-electron chi connectivity index (χ3n) is 5.14. The van der Waals surface area contributed by atoms with E-state index in [0.717, 1.165) is 37.7 Å². The first-order valence-corrected chi connectivity index (χ1v) is 8.24. The van der Waals surface area contributed by atoms with Gasteiger partial charge >= 0.3 is 0 Å². The molecular weight excluding hydrogens is 246 g/mol. The lowest BCUT2D eigenvalue weighted by Gasteiger charge is -2.29. The van der Waals surface area contributed by atoms with Crippen LogP contribution in [0, 0.1) is 11.3 Å². The van der Waals surface area contributed by atoms with E-state index < -0.39 is 0 Å². The zero-order chi connectivity index (χ0) is 13.8. The van der Waals surface area contributed by atoms with E-state index >= 15 is 0 Å². The topological polar surface area (TPSA) is 35.2 Å². The molecule has 0 atom stereocenters. The van der Waals surface area contributed by atoms with Gasteiger partial charge in [-0.15, -0.1) is 0 Å². The van der Waals surface area contributed by atoms with Crippen molar-refractivity contribution < 1.29 is 4.74 Å². The summed E-state index contributed by atoms with van der Waals surface area (Å²) in [7, 11) is 0. The van der Waals surface area contributed by atoms with E-state index in [9.17, 15) is 0 Å². The van der Waals surface area contributed by atoms with Crippen molar-refractivity contribution in [1.82, 2.24) is 0 Å². The Kier molecular flexibility index (Phi) is 4.30. The molecule has 0 unspecified atom stereocenters. The lowest BCUT2D eigenvalue weighted by Crippen LogP contribution is -2.27. The van der Waals surface area contributed by atoms with E-state index in [-0.39, 0.29) is 0 Å². The fraction of sp³-hybridized carbons (Fsp3) is 0.667. The van der Waals surface area contributed by atoms with E-state index in [1.54, 1.807) is 0 Å². The molecule has 1 aromatic rings. The van der Waals surface area contributed by atoms with Crippen LogP contribution in [-0.4, -0.2) is 13.2 Å². The fourth-order valence-electron chi connectivity index (χ4n) is 3.77. The van der Waals surface area contributed by atoms with Crippen molar-refractivity contribution in [3.8, 4) is 5.75 Å². The molecule has 1 aromatic carbocycles. The largest absolute Gasteiger partial charge is 0.493 e. The zero-order valence-electron chi connectivity index (χ0n) is 12.4. The highest BCUT2D eigenvalue weighted by Gasteiger charge is 2.47. The van der Waals surface area contributed by atoms with Crippen molar-refractivity contribution in [3.05, 3.63) is 29.8 Å². The third-order valence-corrected chi connectivity index (χ3v) is 5.14. The Morgan fingerprint density at radius 1 is 1.20 bits per heavy atom. The second kappa shape index (κ2) is 6.17. The normalized spacial score (nSPS) is 21.1. The van der Waals surface area contributed by atoms with Gasteiger partial charge in [-0.05, 0) is 68.7 Å². The second-order valence-corrected chi connectivity index (χ2v) is 6.67. The van der Waals surface area contributed by atoms with Crippen LogP contribution in [0.1, 0.15) is 50.5 Å². The Labute approximate surface area is 122 Å². The van der Waals surface area contributed by atoms with Crippen molar-refractivity contribution in [2.75, 3.05) is 13.2 Å². The van der Waals surface area contributed by atoms with Crippen molar-refractivity contribution >= 4 is 0 Å². The molecule has 0 spiro atoms. The van der Waals surface area contributed by atoms with Crippen LogP contribution in [0.4, 0.5) is 0 Å². The molecule has 2 fully saturated rings. The van der Waals surface area contributed by atoms with Crippen LogP contribution in [0.25, 0.3) is 0 Å². The molecule has 0 radical (unpaired) electrons. The Morgan fingerprint density at radius 2 is 2.00 bits per heavy atom. The van der Waals surface area contributed by atoms with Gasteiger partial charge in [-0.1, -0.05) is 25.0 Å². The number of hydrogen-bond acceptors (Lipinski definition) is 2. The summed E-state index contributed by atoms with van der Waals surface area (Å²) < 4.78 is 6.18. The lowest BCUT2D eigenvalue weighted by molar-refractivity contribution is 0.125. The van der Waals surface area contributed by atoms with Crippen LogP contribution in [0.5, 0.6) is 5.75 Å². The van der Waals surface area contributed by atoms with Crippen molar-refractivity contribution in [2.24, 2.45) is 17.1 Å². The first-order valence-electron chi connectivity index (χ1n) is 8.24. The van der Waals surface area contributed by atoms with Crippen LogP contribution < -0.4 is 10.5 Å². The van der Waals surface area contributed by atoms with E-state index in [4.69, 9.17) is 10.5 Å². The molecule has 0 saturated heterocycles. The third kappa shape index (κ3) is 3.17. The molecule has 2 nitrogen and oxygen atoms in total. The SMILES string of the molecule is NCCCc1cccc(OCC2(C3CC3)CCCC2)c1. The minimum absolute atomic E-state index is 0.507. The maximum Gasteiger partial charge on any atom is 0.119 e. The average molecular weight is 273 g/mol. The van der Waals surface area contributed by atoms with Gasteiger partial charge in [-0.3, -0.25) is 0 Å². The average Bonchev–Trinajstić information content (AvgIpc) is 3.24. The summed E-state index contributed by atoms with van der Waals surface area (Å²) in [6.07, 6.45) is 10.5. The highest BCUT2D eigenvalue weighted by Crippen LogP contribution is 2.54. The van der Waals surface area contributed by atoms with Gasteiger partial charge in [-0.25, -0.2) is 0 Å². The van der Waals surface area contributed by atoms with Gasteiger partial charge in [-0.2, -0.15) is 0 Å². The van der Waals surface area contributed by atoms with Gasteiger partial charge < -0.3 is 10.5 Å². The molecule has 0 aromatic heterocycles. The summed E-state index contributed by atoms with van der Waals surface area (Å²) in [5, 5.41) is 0. The lowest BCUT2D eigenvalue weighted by atomic mass is 9.82. The van der Waals surface area contributed by atoms with Gasteiger partial charge in [0.1, 0.15) is 5.75 Å². The van der Waals surface area contributed by atoms with E-state index in [2.05, 4.69) is 24.3 Å². The van der Waals surface area contributed by atoms with Gasteiger partial charge in [0.05, 0.1) is 6.61 Å². The molecule has 2 saturated carbocycles. The van der Waals surface area contributed by atoms with Crippen LogP contribution in [0.3, 0.4) is 0 Å². The molecule has 0 bridgehead atoms. The number of hydrogen-bond donors (Lipinski definition) is 1. The maximum absolute atomic E-state index is 6.18. The van der Waals surface area contributed by atoms with Crippen LogP contribution in [0.2, 0.25) is 0 Å². The minimum Gasteiger partial charge on any atom is -0.493 e. The number of nitrogens with two attached hydrogens (primary N) is 1. The van der Waals surface area contributed by atoms with Gasteiger partial charge in [0.2, 0.25) is 0 Å². The summed E-state index contributed by atoms with van der Waals surface area (Å²) >= 11 is 0. The van der Waals surface area contributed by atoms with E-state index in [1.807, 2.05) is 0 Å². The zero-order valence-corrected chi connectivity index (χ0v) is 12.4. The molecule has 2 heteroatoms. The molecule has 20 heavy (non-hydrogen) atoms. The van der Waals surface area contributed by atoms with Crippen LogP contribution >= 0.6 is 0 Å². The molecule has 110 valence electrons. The summed E-state index contributed by atoms with van der Waals surface area (Å²) in [4.78, 5) is 0. The monoisotopic (exact) mass is 273 g/mol. The minimum atomic E-state index is 0.507. The number of aryl methyl sites for hydroxylation is 1. The Hall–Kier alpha value is -1.02. The van der Waals surface area contributed by atoms with Gasteiger partial charge in [0, 0.05) is 5.41 Å². The number of rotatable bonds is 7. The molecule has 2 N–H and O–H groups in total. The van der Waals surface area contributed by atoms with Crippen LogP contribution in [0.15, 0.2) is 24.3 Å². The Balaban J connectivity index is 1.59. The predicted octanol–water partition coefficient (Wildman–Crippen LogP) is 3.93. The first-order chi connectivity index (χ1) is 9.82. The molecular formula is C18H27NO.